The number of benzene rings is 2. The Hall–Kier alpha value is -3.37. The number of carboxylic acids is 1. The summed E-state index contributed by atoms with van der Waals surface area (Å²) in [6, 6.07) is 14.8. The summed E-state index contributed by atoms with van der Waals surface area (Å²) in [5.41, 5.74) is 2.59. The average molecular weight is 516 g/mol. The molecule has 10 heteroatoms. The summed E-state index contributed by atoms with van der Waals surface area (Å²) < 4.78 is 0. The van der Waals surface area contributed by atoms with Gasteiger partial charge in [0.2, 0.25) is 17.7 Å². The lowest BCUT2D eigenvalue weighted by Gasteiger charge is -2.28. The van der Waals surface area contributed by atoms with Gasteiger partial charge in [0, 0.05) is 24.1 Å². The van der Waals surface area contributed by atoms with E-state index in [0.717, 1.165) is 17.3 Å². The first kappa shape index (κ1) is 28.9. The summed E-state index contributed by atoms with van der Waals surface area (Å²) in [5.74, 6) is -4.50. The van der Waals surface area contributed by atoms with Gasteiger partial charge in [0.05, 0.1) is 17.4 Å². The molecule has 0 saturated heterocycles. The Bertz CT molecular complexity index is 1050. The number of carbonyl (C=O) groups is 4. The highest BCUT2D eigenvalue weighted by molar-refractivity contribution is 7.99. The molecule has 3 atom stereocenters. The van der Waals surface area contributed by atoms with E-state index in [1.165, 1.54) is 13.1 Å². The molecule has 0 bridgehead atoms. The van der Waals surface area contributed by atoms with E-state index in [1.807, 2.05) is 44.2 Å². The average Bonchev–Trinajstić information content (AvgIpc) is 2.87. The van der Waals surface area contributed by atoms with E-state index in [0.29, 0.717) is 11.3 Å². The number of likely N-dealkylation sites (N-methyl/N-ethyl adjacent to an activating group) is 1. The SMILES string of the molecule is CNC(=O)[C@H](Cc1ccccc1)NC(=O)[C@H](CC(C)C)[C@H](CSc1ccccc1C(=O)O)C(=O)NO. The third kappa shape index (κ3) is 8.39. The largest absolute Gasteiger partial charge is 0.478 e. The first-order valence-electron chi connectivity index (χ1n) is 11.6. The smallest absolute Gasteiger partial charge is 0.336 e. The van der Waals surface area contributed by atoms with E-state index in [4.69, 9.17) is 0 Å². The quantitative estimate of drug-likeness (QED) is 0.157. The lowest BCUT2D eigenvalue weighted by Crippen LogP contribution is -2.51. The normalized spacial score (nSPS) is 13.4. The highest BCUT2D eigenvalue weighted by atomic mass is 32.2. The molecule has 2 aromatic rings. The second kappa shape index (κ2) is 14.3. The van der Waals surface area contributed by atoms with Gasteiger partial charge in [-0.25, -0.2) is 10.3 Å². The lowest BCUT2D eigenvalue weighted by atomic mass is 9.84. The molecule has 0 aromatic heterocycles. The van der Waals surface area contributed by atoms with Crippen molar-refractivity contribution in [3.63, 3.8) is 0 Å². The van der Waals surface area contributed by atoms with Crippen molar-refractivity contribution in [2.24, 2.45) is 17.8 Å². The molecular weight excluding hydrogens is 482 g/mol. The molecule has 0 spiro atoms. The number of hydroxylamine groups is 1. The molecule has 0 unspecified atom stereocenters. The van der Waals surface area contributed by atoms with Gasteiger partial charge in [-0.15, -0.1) is 11.8 Å². The molecule has 0 aliphatic rings. The topological polar surface area (TPSA) is 145 Å². The zero-order valence-corrected chi connectivity index (χ0v) is 21.4. The van der Waals surface area contributed by atoms with Gasteiger partial charge in [-0.05, 0) is 30.0 Å². The van der Waals surface area contributed by atoms with E-state index in [1.54, 1.807) is 23.7 Å². The number of carbonyl (C=O) groups excluding carboxylic acids is 3. The van der Waals surface area contributed by atoms with Gasteiger partial charge in [0.25, 0.3) is 0 Å². The predicted molar refractivity (Wildman–Crippen MR) is 137 cm³/mol. The van der Waals surface area contributed by atoms with E-state index < -0.39 is 35.7 Å². The minimum absolute atomic E-state index is 0.0265. The number of thioether (sulfide) groups is 1. The molecular formula is C26H33N3O6S. The van der Waals surface area contributed by atoms with Crippen LogP contribution < -0.4 is 16.1 Å². The maximum atomic E-state index is 13.5. The number of amides is 3. The van der Waals surface area contributed by atoms with E-state index in [9.17, 15) is 29.5 Å². The summed E-state index contributed by atoms with van der Waals surface area (Å²) in [7, 11) is 1.48. The molecule has 36 heavy (non-hydrogen) atoms. The summed E-state index contributed by atoms with van der Waals surface area (Å²) >= 11 is 1.12. The molecule has 194 valence electrons. The Labute approximate surface area is 215 Å². The number of hydrogen-bond acceptors (Lipinski definition) is 6. The van der Waals surface area contributed by atoms with Crippen molar-refractivity contribution in [1.29, 1.82) is 0 Å². The van der Waals surface area contributed by atoms with Gasteiger partial charge >= 0.3 is 5.97 Å². The zero-order valence-electron chi connectivity index (χ0n) is 20.6. The molecule has 0 aliphatic carbocycles. The summed E-state index contributed by atoms with van der Waals surface area (Å²) in [6.45, 7) is 3.81. The zero-order chi connectivity index (χ0) is 26.7. The highest BCUT2D eigenvalue weighted by Gasteiger charge is 2.36. The van der Waals surface area contributed by atoms with Crippen molar-refractivity contribution in [3.8, 4) is 0 Å². The lowest BCUT2D eigenvalue weighted by molar-refractivity contribution is -0.140. The van der Waals surface area contributed by atoms with Crippen LogP contribution in [0.25, 0.3) is 0 Å². The van der Waals surface area contributed by atoms with E-state index in [-0.39, 0.29) is 29.6 Å². The summed E-state index contributed by atoms with van der Waals surface area (Å²) in [4.78, 5) is 50.8. The van der Waals surface area contributed by atoms with Crippen molar-refractivity contribution in [2.45, 2.75) is 37.6 Å². The fourth-order valence-electron chi connectivity index (χ4n) is 3.88. The van der Waals surface area contributed by atoms with Crippen LogP contribution in [0.2, 0.25) is 0 Å². The summed E-state index contributed by atoms with van der Waals surface area (Å²) in [5, 5.41) is 24.2. The number of aromatic carboxylic acids is 1. The highest BCUT2D eigenvalue weighted by Crippen LogP contribution is 2.30. The van der Waals surface area contributed by atoms with Gasteiger partial charge in [0.15, 0.2) is 0 Å². The maximum Gasteiger partial charge on any atom is 0.336 e. The molecule has 5 N–H and O–H groups in total. The standard InChI is InChI=1S/C26H33N3O6S/c1-16(2)13-19(23(30)28-21(25(32)27-3)14-17-9-5-4-6-10-17)20(24(31)29-35)15-36-22-12-8-7-11-18(22)26(33)34/h4-12,16,19-21,35H,13-15H2,1-3H3,(H,27,32)(H,28,30)(H,29,31)(H,33,34)/t19-,20+,21+/m1/s1. The number of hydrogen-bond donors (Lipinski definition) is 5. The van der Waals surface area contributed by atoms with Gasteiger partial charge in [-0.3, -0.25) is 19.6 Å². The van der Waals surface area contributed by atoms with Gasteiger partial charge < -0.3 is 15.7 Å². The van der Waals surface area contributed by atoms with E-state index in [2.05, 4.69) is 10.6 Å². The molecule has 2 aromatic carbocycles. The van der Waals surface area contributed by atoms with Crippen LogP contribution in [0, 0.1) is 17.8 Å². The Balaban J connectivity index is 2.31. The third-order valence-electron chi connectivity index (χ3n) is 5.69. The number of nitrogens with one attached hydrogen (secondary N) is 3. The van der Waals surface area contributed by atoms with Gasteiger partial charge in [-0.1, -0.05) is 56.3 Å². The number of rotatable bonds is 13. The van der Waals surface area contributed by atoms with Crippen molar-refractivity contribution >= 4 is 35.5 Å². The van der Waals surface area contributed by atoms with Crippen LogP contribution in [0.3, 0.4) is 0 Å². The molecule has 0 radical (unpaired) electrons. The predicted octanol–water partition coefficient (Wildman–Crippen LogP) is 2.73. The van der Waals surface area contributed by atoms with Crippen LogP contribution in [-0.2, 0) is 20.8 Å². The molecule has 3 amide bonds. The second-order valence-electron chi connectivity index (χ2n) is 8.80. The Morgan fingerprint density at radius 2 is 1.53 bits per heavy atom. The van der Waals surface area contributed by atoms with Crippen LogP contribution >= 0.6 is 11.8 Å². The first-order valence-corrected chi connectivity index (χ1v) is 12.6. The van der Waals surface area contributed by atoms with Crippen molar-refractivity contribution in [2.75, 3.05) is 12.8 Å². The maximum absolute atomic E-state index is 13.5. The van der Waals surface area contributed by atoms with Crippen LogP contribution in [0.15, 0.2) is 59.5 Å². The van der Waals surface area contributed by atoms with Crippen molar-refractivity contribution in [3.05, 3.63) is 65.7 Å². The van der Waals surface area contributed by atoms with Crippen molar-refractivity contribution in [1.82, 2.24) is 16.1 Å². The minimum Gasteiger partial charge on any atom is -0.478 e. The molecule has 9 nitrogen and oxygen atoms in total. The minimum atomic E-state index is -1.10. The third-order valence-corrected chi connectivity index (χ3v) is 6.89. The second-order valence-corrected chi connectivity index (χ2v) is 9.86. The molecule has 0 aliphatic heterocycles. The first-order chi connectivity index (χ1) is 17.2. The van der Waals surface area contributed by atoms with Crippen LogP contribution in [-0.4, -0.2) is 52.8 Å². The van der Waals surface area contributed by atoms with Crippen molar-refractivity contribution < 1.29 is 29.5 Å². The van der Waals surface area contributed by atoms with Crippen LogP contribution in [0.4, 0.5) is 0 Å². The monoisotopic (exact) mass is 515 g/mol. The Morgan fingerprint density at radius 1 is 0.889 bits per heavy atom. The molecule has 0 fully saturated rings. The van der Waals surface area contributed by atoms with Gasteiger partial charge in [0.1, 0.15) is 6.04 Å². The Morgan fingerprint density at radius 3 is 2.11 bits per heavy atom. The molecule has 2 rings (SSSR count). The fraction of sp³-hybridized carbons (Fsp3) is 0.385. The molecule has 0 heterocycles. The molecule has 0 saturated carbocycles. The number of carboxylic acid groups (broad SMARTS) is 1. The van der Waals surface area contributed by atoms with Crippen LogP contribution in [0.1, 0.15) is 36.2 Å². The van der Waals surface area contributed by atoms with Gasteiger partial charge in [-0.2, -0.15) is 0 Å². The van der Waals surface area contributed by atoms with Crippen LogP contribution in [0.5, 0.6) is 0 Å². The Kier molecular flexibility index (Phi) is 11.4. The fourth-order valence-corrected chi connectivity index (χ4v) is 5.11. The van der Waals surface area contributed by atoms with E-state index >= 15 is 0 Å². The summed E-state index contributed by atoms with van der Waals surface area (Å²) in [6.07, 6.45) is 0.578.